The molecule has 4 atom stereocenters. The summed E-state index contributed by atoms with van der Waals surface area (Å²) in [5, 5.41) is 0. The van der Waals surface area contributed by atoms with Crippen molar-refractivity contribution in [2.45, 2.75) is 75.7 Å². The first-order valence-electron chi connectivity index (χ1n) is 8.13. The molecule has 0 unspecified atom stereocenters. The van der Waals surface area contributed by atoms with Crippen LogP contribution >= 0.6 is 0 Å². The topological polar surface area (TPSA) is 24.9 Å². The molecule has 0 aromatic carbocycles. The van der Waals surface area contributed by atoms with Gasteiger partial charge in [-0.3, -0.25) is 9.80 Å². The molecule has 0 radical (unpaired) electrons. The van der Waals surface area contributed by atoms with Crippen LogP contribution in [0.5, 0.6) is 0 Å². The van der Waals surface area contributed by atoms with Crippen molar-refractivity contribution < 1.29 is 9.47 Å². The van der Waals surface area contributed by atoms with Crippen molar-refractivity contribution in [1.29, 1.82) is 0 Å². The molecule has 4 aliphatic rings. The predicted molar refractivity (Wildman–Crippen MR) is 72.5 cm³/mol. The third kappa shape index (κ3) is 2.33. The third-order valence-electron chi connectivity index (χ3n) is 5.55. The number of hydrogen-bond acceptors (Lipinski definition) is 4. The third-order valence-corrected chi connectivity index (χ3v) is 5.55. The van der Waals surface area contributed by atoms with E-state index in [0.717, 1.165) is 20.1 Å². The largest absolute Gasteiger partial charge is 0.361 e. The van der Waals surface area contributed by atoms with Crippen LogP contribution in [-0.4, -0.2) is 54.2 Å². The van der Waals surface area contributed by atoms with Crippen molar-refractivity contribution in [1.82, 2.24) is 9.80 Å². The van der Waals surface area contributed by atoms with Crippen LogP contribution in [-0.2, 0) is 9.47 Å². The highest BCUT2D eigenvalue weighted by Crippen LogP contribution is 2.34. The summed E-state index contributed by atoms with van der Waals surface area (Å²) < 4.78 is 11.9. The van der Waals surface area contributed by atoms with E-state index in [-0.39, 0.29) is 0 Å². The Hall–Kier alpha value is -0.160. The summed E-state index contributed by atoms with van der Waals surface area (Å²) in [4.78, 5) is 5.12. The minimum Gasteiger partial charge on any atom is -0.361 e. The summed E-state index contributed by atoms with van der Waals surface area (Å²) >= 11 is 0. The van der Waals surface area contributed by atoms with Crippen LogP contribution in [0.15, 0.2) is 0 Å². The van der Waals surface area contributed by atoms with Gasteiger partial charge in [-0.15, -0.1) is 0 Å². The minimum atomic E-state index is 0.513. The van der Waals surface area contributed by atoms with E-state index in [1.165, 1.54) is 51.4 Å². The molecule has 0 spiro atoms. The predicted octanol–water partition coefficient (Wildman–Crippen LogP) is 2.15. The van der Waals surface area contributed by atoms with Crippen LogP contribution in [0.3, 0.4) is 0 Å². The molecule has 2 saturated heterocycles. The lowest BCUT2D eigenvalue weighted by Gasteiger charge is -2.35. The van der Waals surface area contributed by atoms with Gasteiger partial charge < -0.3 is 9.47 Å². The molecule has 19 heavy (non-hydrogen) atoms. The molecule has 0 bridgehead atoms. The Balaban J connectivity index is 1.38. The number of fused-ring (bicyclic) bond motifs is 2. The normalized spacial score (nSPS) is 44.2. The van der Waals surface area contributed by atoms with Crippen molar-refractivity contribution in [3.8, 4) is 0 Å². The molecule has 2 aliphatic heterocycles. The first-order chi connectivity index (χ1) is 9.42. The molecule has 0 aromatic heterocycles. The molecule has 0 aromatic rings. The lowest BCUT2D eigenvalue weighted by molar-refractivity contribution is 0.0451. The zero-order valence-electron chi connectivity index (χ0n) is 11.8. The highest BCUT2D eigenvalue weighted by atomic mass is 16.5. The Labute approximate surface area is 116 Å². The summed E-state index contributed by atoms with van der Waals surface area (Å²) in [5.41, 5.74) is 0. The molecular formula is C15H26N2O2. The van der Waals surface area contributed by atoms with Gasteiger partial charge in [0.15, 0.2) is 0 Å². The Kier molecular flexibility index (Phi) is 3.52. The van der Waals surface area contributed by atoms with Gasteiger partial charge in [0.25, 0.3) is 0 Å². The van der Waals surface area contributed by atoms with Gasteiger partial charge in [-0.05, 0) is 25.7 Å². The number of rotatable bonds is 2. The summed E-state index contributed by atoms with van der Waals surface area (Å²) in [6, 6.07) is 1.35. The average Bonchev–Trinajstić information content (AvgIpc) is 3.05. The maximum Gasteiger partial charge on any atom is 0.101 e. The van der Waals surface area contributed by atoms with E-state index in [1.54, 1.807) is 0 Å². The molecule has 2 heterocycles. The summed E-state index contributed by atoms with van der Waals surface area (Å²) in [6.07, 6.45) is 11.7. The molecular weight excluding hydrogens is 240 g/mol. The van der Waals surface area contributed by atoms with Gasteiger partial charge in [-0.25, -0.2) is 0 Å². The van der Waals surface area contributed by atoms with Crippen molar-refractivity contribution in [2.24, 2.45) is 0 Å². The molecule has 4 fully saturated rings. The maximum atomic E-state index is 5.97. The van der Waals surface area contributed by atoms with E-state index in [9.17, 15) is 0 Å². The highest BCUT2D eigenvalue weighted by Gasteiger charge is 2.41. The van der Waals surface area contributed by atoms with Crippen molar-refractivity contribution in [2.75, 3.05) is 20.1 Å². The van der Waals surface area contributed by atoms with Gasteiger partial charge in [0, 0.05) is 12.1 Å². The Morgan fingerprint density at radius 2 is 1.16 bits per heavy atom. The van der Waals surface area contributed by atoms with Gasteiger partial charge >= 0.3 is 0 Å². The van der Waals surface area contributed by atoms with E-state index >= 15 is 0 Å². The van der Waals surface area contributed by atoms with E-state index in [0.29, 0.717) is 24.3 Å². The quantitative estimate of drug-likeness (QED) is 0.764. The highest BCUT2D eigenvalue weighted by molar-refractivity contribution is 4.91. The van der Waals surface area contributed by atoms with Gasteiger partial charge in [0.05, 0.1) is 18.9 Å². The zero-order valence-corrected chi connectivity index (χ0v) is 11.8. The van der Waals surface area contributed by atoms with Gasteiger partial charge in [0.2, 0.25) is 0 Å². The molecule has 0 amide bonds. The summed E-state index contributed by atoms with van der Waals surface area (Å²) in [6.45, 7) is 2.73. The van der Waals surface area contributed by atoms with E-state index in [2.05, 4.69) is 9.80 Å². The average molecular weight is 266 g/mol. The monoisotopic (exact) mass is 266 g/mol. The van der Waals surface area contributed by atoms with E-state index in [1.807, 2.05) is 0 Å². The van der Waals surface area contributed by atoms with E-state index in [4.69, 9.17) is 9.47 Å². The first kappa shape index (κ1) is 12.6. The number of ether oxygens (including phenoxy) is 2. The van der Waals surface area contributed by atoms with Crippen LogP contribution in [0.2, 0.25) is 0 Å². The second-order valence-electron chi connectivity index (χ2n) is 6.69. The Morgan fingerprint density at radius 1 is 0.684 bits per heavy atom. The molecule has 4 heteroatoms. The van der Waals surface area contributed by atoms with Crippen molar-refractivity contribution in [3.05, 3.63) is 0 Å². The van der Waals surface area contributed by atoms with Crippen molar-refractivity contribution >= 4 is 0 Å². The number of nitrogens with zero attached hydrogens (tertiary/aromatic N) is 2. The number of hydrogen-bond donors (Lipinski definition) is 0. The summed E-state index contributed by atoms with van der Waals surface area (Å²) in [7, 11) is 0. The van der Waals surface area contributed by atoms with Crippen LogP contribution in [0.25, 0.3) is 0 Å². The van der Waals surface area contributed by atoms with Crippen LogP contribution < -0.4 is 0 Å². The maximum absolute atomic E-state index is 5.97. The molecule has 4 rings (SSSR count). The SMILES string of the molecule is C1CC[C@H]2OCN(CN3CO[C@@H]4CCCC[C@H]43)[C@@H]2C1. The standard InChI is InChI=1S/C15H26N2O2/c1-3-7-14-12(5-1)16(10-18-14)9-17-11-19-15-8-4-2-6-13(15)17/h12-15H,1-11H2/t12-,13-,14-,15-/m1/s1. The van der Waals surface area contributed by atoms with Crippen LogP contribution in [0.1, 0.15) is 51.4 Å². The minimum absolute atomic E-state index is 0.513. The Bertz CT molecular complexity index is 295. The van der Waals surface area contributed by atoms with E-state index < -0.39 is 0 Å². The zero-order chi connectivity index (χ0) is 12.7. The molecule has 4 nitrogen and oxygen atoms in total. The van der Waals surface area contributed by atoms with Crippen LogP contribution in [0, 0.1) is 0 Å². The fourth-order valence-electron chi connectivity index (χ4n) is 4.48. The fourth-order valence-corrected chi connectivity index (χ4v) is 4.48. The molecule has 2 aliphatic carbocycles. The lowest BCUT2D eigenvalue weighted by atomic mass is 9.92. The fraction of sp³-hybridized carbons (Fsp3) is 1.00. The van der Waals surface area contributed by atoms with Crippen LogP contribution in [0.4, 0.5) is 0 Å². The summed E-state index contributed by atoms with van der Waals surface area (Å²) in [5.74, 6) is 0. The van der Waals surface area contributed by atoms with Gasteiger partial charge in [-0.1, -0.05) is 25.7 Å². The van der Waals surface area contributed by atoms with Gasteiger partial charge in [0.1, 0.15) is 13.5 Å². The molecule has 0 N–H and O–H groups in total. The first-order valence-corrected chi connectivity index (χ1v) is 8.13. The smallest absolute Gasteiger partial charge is 0.101 e. The lowest BCUT2D eigenvalue weighted by Crippen LogP contribution is -2.47. The van der Waals surface area contributed by atoms with Gasteiger partial charge in [-0.2, -0.15) is 0 Å². The second-order valence-corrected chi connectivity index (χ2v) is 6.69. The molecule has 2 saturated carbocycles. The van der Waals surface area contributed by atoms with Crippen molar-refractivity contribution in [3.63, 3.8) is 0 Å². The molecule has 108 valence electrons. The second kappa shape index (κ2) is 5.32. The Morgan fingerprint density at radius 3 is 1.68 bits per heavy atom.